The van der Waals surface area contributed by atoms with Crippen LogP contribution in [0.5, 0.6) is 0 Å². The molecule has 4 heterocycles. The topological polar surface area (TPSA) is 118 Å². The summed E-state index contributed by atoms with van der Waals surface area (Å²) in [6, 6.07) is 9.23. The van der Waals surface area contributed by atoms with Gasteiger partial charge in [0.1, 0.15) is 17.2 Å². The Balaban J connectivity index is 1.49. The zero-order valence-corrected chi connectivity index (χ0v) is 26.9. The van der Waals surface area contributed by atoms with Gasteiger partial charge in [0.15, 0.2) is 11.4 Å². The number of rotatable bonds is 10. The van der Waals surface area contributed by atoms with Gasteiger partial charge in [0.25, 0.3) is 0 Å². The number of hydrogen-bond donors (Lipinski definition) is 1. The molecule has 2 aliphatic rings. The summed E-state index contributed by atoms with van der Waals surface area (Å²) in [5, 5.41) is 8.22. The molecule has 1 aromatic carbocycles. The Bertz CT molecular complexity index is 1570. The van der Waals surface area contributed by atoms with Gasteiger partial charge in [0.05, 0.1) is 18.8 Å². The van der Waals surface area contributed by atoms with Gasteiger partial charge < -0.3 is 19.7 Å². The summed E-state index contributed by atoms with van der Waals surface area (Å²) in [5.74, 6) is 1.09. The second-order valence-corrected chi connectivity index (χ2v) is 13.1. The van der Waals surface area contributed by atoms with E-state index in [0.717, 1.165) is 29.5 Å². The van der Waals surface area contributed by atoms with Crippen LogP contribution in [0.4, 0.5) is 16.4 Å². The third-order valence-electron chi connectivity index (χ3n) is 8.13. The highest BCUT2D eigenvalue weighted by atomic mass is 16.6. The molecule has 0 saturated carbocycles. The molecule has 0 aliphatic carbocycles. The van der Waals surface area contributed by atoms with Crippen LogP contribution in [0.15, 0.2) is 49.2 Å². The molecular weight excluding hydrogens is 572 g/mol. The summed E-state index contributed by atoms with van der Waals surface area (Å²) in [7, 11) is 0. The first-order valence-electron chi connectivity index (χ1n) is 15.7. The lowest BCUT2D eigenvalue weighted by atomic mass is 9.93. The molecule has 11 heteroatoms. The standard InChI is InChI=1S/C34H44N6O5/c1-7-31(42)38-14-11-27(38)28(41)18-23-9-8-10-24(17-23)21-39(33(43)45-34(4,5)6)30-19-29(36-25-12-15-44-16-13-25)37-32-26(22(2)3)20-35-40(30)32/h7-10,17,19-20,22,25,27H,1,11-16,18,21H2,2-6H3,(H,36,37). The number of fused-ring (bicyclic) bond motifs is 1. The SMILES string of the molecule is C=CC(=O)N1CCC1C(=O)Cc1cccc(CN(C(=O)OC(C)(C)C)c2cc(NC3CCOCC3)nc3c(C(C)C)cnn23)c1. The molecule has 1 N–H and O–H groups in total. The van der Waals surface area contributed by atoms with Gasteiger partial charge in [0.2, 0.25) is 5.91 Å². The number of carbonyl (C=O) groups is 3. The molecule has 0 radical (unpaired) electrons. The average molecular weight is 617 g/mol. The van der Waals surface area contributed by atoms with E-state index in [9.17, 15) is 14.4 Å². The van der Waals surface area contributed by atoms with Crippen LogP contribution in [0.25, 0.3) is 5.65 Å². The molecule has 2 saturated heterocycles. The van der Waals surface area contributed by atoms with Gasteiger partial charge in [-0.05, 0) is 63.2 Å². The normalized spacial score (nSPS) is 17.2. The van der Waals surface area contributed by atoms with Crippen molar-refractivity contribution in [1.82, 2.24) is 19.5 Å². The summed E-state index contributed by atoms with van der Waals surface area (Å²) < 4.78 is 13.1. The predicted octanol–water partition coefficient (Wildman–Crippen LogP) is 5.28. The number of Topliss-reactive ketones (excluding diaryl/α,β-unsaturated/α-hetero) is 1. The van der Waals surface area contributed by atoms with E-state index in [4.69, 9.17) is 14.5 Å². The summed E-state index contributed by atoms with van der Waals surface area (Å²) >= 11 is 0. The zero-order valence-electron chi connectivity index (χ0n) is 26.9. The minimum atomic E-state index is -0.732. The zero-order chi connectivity index (χ0) is 32.3. The molecule has 0 spiro atoms. The number of amides is 2. The Labute approximate surface area is 264 Å². The largest absolute Gasteiger partial charge is 0.443 e. The third kappa shape index (κ3) is 7.53. The molecule has 240 valence electrons. The fourth-order valence-corrected chi connectivity index (χ4v) is 5.69. The molecular formula is C34H44N6O5. The van der Waals surface area contributed by atoms with Gasteiger partial charge in [-0.25, -0.2) is 9.78 Å². The molecule has 5 rings (SSSR count). The second kappa shape index (κ2) is 13.4. The number of carbonyl (C=O) groups excluding carboxylic acids is 3. The fourth-order valence-electron chi connectivity index (χ4n) is 5.69. The molecule has 2 amide bonds. The minimum absolute atomic E-state index is 0.0185. The van der Waals surface area contributed by atoms with Gasteiger partial charge in [-0.3, -0.25) is 14.5 Å². The summed E-state index contributed by atoms with van der Waals surface area (Å²) in [6.45, 7) is 15.3. The van der Waals surface area contributed by atoms with Gasteiger partial charge in [-0.1, -0.05) is 44.7 Å². The maximum Gasteiger partial charge on any atom is 0.416 e. The van der Waals surface area contributed by atoms with Gasteiger partial charge in [-0.15, -0.1) is 0 Å². The van der Waals surface area contributed by atoms with Crippen LogP contribution in [0.2, 0.25) is 0 Å². The van der Waals surface area contributed by atoms with Crippen molar-refractivity contribution in [2.45, 2.75) is 90.4 Å². The van der Waals surface area contributed by atoms with Crippen molar-refractivity contribution in [3.8, 4) is 0 Å². The van der Waals surface area contributed by atoms with Gasteiger partial charge in [-0.2, -0.15) is 9.61 Å². The number of ether oxygens (including phenoxy) is 2. The Morgan fingerprint density at radius 1 is 1.16 bits per heavy atom. The summed E-state index contributed by atoms with van der Waals surface area (Å²) in [5.41, 5.74) is 2.53. The number of nitrogens with zero attached hydrogens (tertiary/aromatic N) is 5. The quantitative estimate of drug-likeness (QED) is 0.306. The van der Waals surface area contributed by atoms with Crippen molar-refractivity contribution >= 4 is 35.1 Å². The molecule has 11 nitrogen and oxygen atoms in total. The Morgan fingerprint density at radius 2 is 1.89 bits per heavy atom. The van der Waals surface area contributed by atoms with Gasteiger partial charge in [0, 0.05) is 43.9 Å². The first-order chi connectivity index (χ1) is 21.4. The van der Waals surface area contributed by atoms with Crippen molar-refractivity contribution in [2.24, 2.45) is 0 Å². The molecule has 45 heavy (non-hydrogen) atoms. The van der Waals surface area contributed by atoms with Gasteiger partial charge >= 0.3 is 6.09 Å². The molecule has 1 atom stereocenters. The second-order valence-electron chi connectivity index (χ2n) is 13.1. The van der Waals surface area contributed by atoms with E-state index in [1.807, 2.05) is 51.1 Å². The van der Waals surface area contributed by atoms with E-state index in [-0.39, 0.29) is 36.6 Å². The number of benzene rings is 1. The van der Waals surface area contributed by atoms with Crippen molar-refractivity contribution < 1.29 is 23.9 Å². The van der Waals surface area contributed by atoms with E-state index >= 15 is 0 Å². The van der Waals surface area contributed by atoms with E-state index in [1.54, 1.807) is 20.5 Å². The van der Waals surface area contributed by atoms with Crippen LogP contribution in [0, 0.1) is 0 Å². The lowest BCUT2D eigenvalue weighted by molar-refractivity contribution is -0.142. The van der Waals surface area contributed by atoms with Crippen LogP contribution in [0.3, 0.4) is 0 Å². The molecule has 3 aromatic rings. The van der Waals surface area contributed by atoms with E-state index in [2.05, 4.69) is 30.8 Å². The fraction of sp³-hybridized carbons (Fsp3) is 0.500. The van der Waals surface area contributed by atoms with Crippen molar-refractivity contribution in [1.29, 1.82) is 0 Å². The van der Waals surface area contributed by atoms with E-state index in [0.29, 0.717) is 43.5 Å². The minimum Gasteiger partial charge on any atom is -0.443 e. The monoisotopic (exact) mass is 616 g/mol. The van der Waals surface area contributed by atoms with Crippen LogP contribution >= 0.6 is 0 Å². The highest BCUT2D eigenvalue weighted by Gasteiger charge is 2.36. The first kappa shape index (κ1) is 32.2. The lowest BCUT2D eigenvalue weighted by Gasteiger charge is -2.39. The molecule has 2 fully saturated rings. The number of hydrogen-bond acceptors (Lipinski definition) is 8. The maximum atomic E-state index is 13.9. The summed E-state index contributed by atoms with van der Waals surface area (Å²) in [4.78, 5) is 47.1. The number of anilines is 2. The predicted molar refractivity (Wildman–Crippen MR) is 172 cm³/mol. The highest BCUT2D eigenvalue weighted by Crippen LogP contribution is 2.30. The van der Waals surface area contributed by atoms with Crippen molar-refractivity contribution in [2.75, 3.05) is 30.0 Å². The lowest BCUT2D eigenvalue weighted by Crippen LogP contribution is -2.55. The molecule has 1 unspecified atom stereocenters. The van der Waals surface area contributed by atoms with Crippen LogP contribution in [-0.2, 0) is 32.0 Å². The smallest absolute Gasteiger partial charge is 0.416 e. The average Bonchev–Trinajstić information content (AvgIpc) is 3.39. The highest BCUT2D eigenvalue weighted by molar-refractivity contribution is 5.95. The number of nitrogens with one attached hydrogen (secondary N) is 1. The Hall–Kier alpha value is -4.25. The van der Waals surface area contributed by atoms with Crippen LogP contribution < -0.4 is 10.2 Å². The van der Waals surface area contributed by atoms with Crippen LogP contribution in [0.1, 0.15) is 76.5 Å². The third-order valence-corrected chi connectivity index (χ3v) is 8.13. The number of aromatic nitrogens is 3. The Morgan fingerprint density at radius 3 is 2.53 bits per heavy atom. The van der Waals surface area contributed by atoms with E-state index < -0.39 is 17.7 Å². The first-order valence-corrected chi connectivity index (χ1v) is 15.7. The summed E-state index contributed by atoms with van der Waals surface area (Å²) in [6.07, 6.45) is 5.07. The molecule has 2 aliphatic heterocycles. The van der Waals surface area contributed by atoms with E-state index in [1.165, 1.54) is 6.08 Å². The van der Waals surface area contributed by atoms with Crippen molar-refractivity contribution in [3.05, 3.63) is 65.9 Å². The van der Waals surface area contributed by atoms with Crippen LogP contribution in [-0.4, -0.2) is 74.7 Å². The maximum absolute atomic E-state index is 13.9. The van der Waals surface area contributed by atoms with Crippen molar-refractivity contribution in [3.63, 3.8) is 0 Å². The number of likely N-dealkylation sites (tertiary alicyclic amines) is 1. The number of ketones is 1. The molecule has 0 bridgehead atoms. The molecule has 2 aromatic heterocycles. The Kier molecular flexibility index (Phi) is 9.57.